The number of hydrogen-bond acceptors (Lipinski definition) is 4. The lowest BCUT2D eigenvalue weighted by atomic mass is 10.3. The van der Waals surface area contributed by atoms with E-state index in [2.05, 4.69) is 10.4 Å². The van der Waals surface area contributed by atoms with Crippen LogP contribution in [-0.4, -0.2) is 31.8 Å². The number of sulfonamides is 1. The van der Waals surface area contributed by atoms with Crippen LogP contribution in [0.3, 0.4) is 0 Å². The molecule has 2 aromatic rings. The van der Waals surface area contributed by atoms with Gasteiger partial charge in [-0.1, -0.05) is 0 Å². The highest BCUT2D eigenvalue weighted by Crippen LogP contribution is 2.19. The molecule has 0 atom stereocenters. The third-order valence-corrected chi connectivity index (χ3v) is 4.00. The van der Waals surface area contributed by atoms with Gasteiger partial charge in [-0.2, -0.15) is 5.10 Å². The van der Waals surface area contributed by atoms with Crippen LogP contribution in [-0.2, 0) is 16.6 Å². The summed E-state index contributed by atoms with van der Waals surface area (Å²) in [6.07, 6.45) is 2.46. The first-order valence-corrected chi connectivity index (χ1v) is 7.55. The molecule has 1 aromatic heterocycles. The standard InChI is InChI=1S/C12H14F2N4O2S/c1-15-4-5-18-8-10(7-16-18)21(19,20)17-12-6-9(13)2-3-11(12)14/h2-3,6-8,15,17H,4-5H2,1H3. The summed E-state index contributed by atoms with van der Waals surface area (Å²) in [5.41, 5.74) is -0.446. The summed E-state index contributed by atoms with van der Waals surface area (Å²) in [6.45, 7) is 1.10. The second-order valence-corrected chi connectivity index (χ2v) is 5.95. The van der Waals surface area contributed by atoms with Gasteiger partial charge in [0.1, 0.15) is 16.5 Å². The van der Waals surface area contributed by atoms with Gasteiger partial charge in [-0.25, -0.2) is 17.2 Å². The molecule has 2 rings (SSSR count). The number of aromatic nitrogens is 2. The highest BCUT2D eigenvalue weighted by atomic mass is 32.2. The Morgan fingerprint density at radius 2 is 2.10 bits per heavy atom. The Bertz CT molecular complexity index is 731. The number of hydrogen-bond donors (Lipinski definition) is 2. The number of rotatable bonds is 6. The minimum atomic E-state index is -4.02. The van der Waals surface area contributed by atoms with E-state index in [0.717, 1.165) is 24.4 Å². The normalized spacial score (nSPS) is 11.6. The lowest BCUT2D eigenvalue weighted by molar-refractivity contribution is 0.581. The fourth-order valence-corrected chi connectivity index (χ4v) is 2.62. The molecule has 0 aliphatic rings. The molecular weight excluding hydrogens is 302 g/mol. The Kier molecular flexibility index (Phi) is 4.53. The van der Waals surface area contributed by atoms with Gasteiger partial charge in [-0.3, -0.25) is 9.40 Å². The number of nitrogens with zero attached hydrogens (tertiary/aromatic N) is 2. The lowest BCUT2D eigenvalue weighted by Crippen LogP contribution is -2.16. The number of benzene rings is 1. The molecule has 0 amide bonds. The SMILES string of the molecule is CNCCn1cc(S(=O)(=O)Nc2cc(F)ccc2F)cn1. The zero-order valence-electron chi connectivity index (χ0n) is 11.2. The largest absolute Gasteiger partial charge is 0.318 e. The van der Waals surface area contributed by atoms with Crippen LogP contribution in [0.5, 0.6) is 0 Å². The number of anilines is 1. The zero-order valence-corrected chi connectivity index (χ0v) is 12.0. The van der Waals surface area contributed by atoms with Crippen molar-refractivity contribution in [3.8, 4) is 0 Å². The van der Waals surface area contributed by atoms with Crippen LogP contribution in [0.4, 0.5) is 14.5 Å². The fourth-order valence-electron chi connectivity index (χ4n) is 1.61. The molecule has 6 nitrogen and oxygen atoms in total. The van der Waals surface area contributed by atoms with E-state index < -0.39 is 27.3 Å². The van der Waals surface area contributed by atoms with Crippen molar-refractivity contribution >= 4 is 15.7 Å². The van der Waals surface area contributed by atoms with Crippen LogP contribution in [0.2, 0.25) is 0 Å². The van der Waals surface area contributed by atoms with Gasteiger partial charge in [-0.05, 0) is 19.2 Å². The molecule has 21 heavy (non-hydrogen) atoms. The van der Waals surface area contributed by atoms with Crippen molar-refractivity contribution in [3.63, 3.8) is 0 Å². The zero-order chi connectivity index (χ0) is 15.5. The van der Waals surface area contributed by atoms with E-state index >= 15 is 0 Å². The number of nitrogens with one attached hydrogen (secondary N) is 2. The third kappa shape index (κ3) is 3.76. The quantitative estimate of drug-likeness (QED) is 0.839. The van der Waals surface area contributed by atoms with Crippen molar-refractivity contribution in [2.75, 3.05) is 18.3 Å². The van der Waals surface area contributed by atoms with E-state index in [0.29, 0.717) is 13.1 Å². The molecular formula is C12H14F2N4O2S. The Morgan fingerprint density at radius 1 is 1.33 bits per heavy atom. The van der Waals surface area contributed by atoms with Crippen LogP contribution in [0.25, 0.3) is 0 Å². The van der Waals surface area contributed by atoms with Crippen molar-refractivity contribution < 1.29 is 17.2 Å². The van der Waals surface area contributed by atoms with Gasteiger partial charge in [0.2, 0.25) is 0 Å². The predicted molar refractivity (Wildman–Crippen MR) is 73.3 cm³/mol. The van der Waals surface area contributed by atoms with Crippen LogP contribution in [0.1, 0.15) is 0 Å². The van der Waals surface area contributed by atoms with Crippen LogP contribution in [0, 0.1) is 11.6 Å². The summed E-state index contributed by atoms with van der Waals surface area (Å²) < 4.78 is 54.1. The van der Waals surface area contributed by atoms with Crippen LogP contribution < -0.4 is 10.0 Å². The highest BCUT2D eigenvalue weighted by Gasteiger charge is 2.18. The molecule has 0 aliphatic carbocycles. The van der Waals surface area contributed by atoms with Crippen molar-refractivity contribution in [2.24, 2.45) is 0 Å². The smallest absolute Gasteiger partial charge is 0.265 e. The first-order chi connectivity index (χ1) is 9.92. The van der Waals surface area contributed by atoms with Crippen LogP contribution in [0.15, 0.2) is 35.5 Å². The highest BCUT2D eigenvalue weighted by molar-refractivity contribution is 7.92. The Hall–Kier alpha value is -2.00. The molecule has 0 saturated carbocycles. The van der Waals surface area contributed by atoms with Crippen molar-refractivity contribution in [1.29, 1.82) is 0 Å². The van der Waals surface area contributed by atoms with Crippen molar-refractivity contribution in [2.45, 2.75) is 11.4 Å². The summed E-state index contributed by atoms with van der Waals surface area (Å²) in [5, 5.41) is 6.79. The van der Waals surface area contributed by atoms with Crippen molar-refractivity contribution in [1.82, 2.24) is 15.1 Å². The first-order valence-electron chi connectivity index (χ1n) is 6.07. The number of halogens is 2. The predicted octanol–water partition coefficient (Wildman–Crippen LogP) is 1.18. The van der Waals surface area contributed by atoms with E-state index in [-0.39, 0.29) is 4.90 Å². The second-order valence-electron chi connectivity index (χ2n) is 4.27. The topological polar surface area (TPSA) is 76.0 Å². The molecule has 0 spiro atoms. The Labute approximate surface area is 120 Å². The van der Waals surface area contributed by atoms with E-state index in [1.165, 1.54) is 10.9 Å². The Morgan fingerprint density at radius 3 is 2.81 bits per heavy atom. The minimum Gasteiger partial charge on any atom is -0.318 e. The van der Waals surface area contributed by atoms with E-state index in [9.17, 15) is 17.2 Å². The summed E-state index contributed by atoms with van der Waals surface area (Å²) in [5.74, 6) is -1.60. The van der Waals surface area contributed by atoms with Gasteiger partial charge in [0.25, 0.3) is 10.0 Å². The maximum absolute atomic E-state index is 13.5. The maximum Gasteiger partial charge on any atom is 0.265 e. The average Bonchev–Trinajstić information content (AvgIpc) is 2.90. The van der Waals surface area contributed by atoms with E-state index in [4.69, 9.17) is 0 Å². The first kappa shape index (κ1) is 15.4. The van der Waals surface area contributed by atoms with Gasteiger partial charge in [0.15, 0.2) is 0 Å². The Balaban J connectivity index is 2.22. The van der Waals surface area contributed by atoms with E-state index in [1.807, 2.05) is 4.72 Å². The summed E-state index contributed by atoms with van der Waals surface area (Å²) in [6, 6.07) is 2.53. The molecule has 1 heterocycles. The molecule has 0 unspecified atom stereocenters. The van der Waals surface area contributed by atoms with Crippen molar-refractivity contribution in [3.05, 3.63) is 42.2 Å². The molecule has 0 radical (unpaired) electrons. The molecule has 9 heteroatoms. The number of likely N-dealkylation sites (N-methyl/N-ethyl adjacent to an activating group) is 1. The molecule has 2 N–H and O–H groups in total. The summed E-state index contributed by atoms with van der Waals surface area (Å²) in [7, 11) is -2.26. The van der Waals surface area contributed by atoms with Gasteiger partial charge in [-0.15, -0.1) is 0 Å². The molecule has 114 valence electrons. The summed E-state index contributed by atoms with van der Waals surface area (Å²) in [4.78, 5) is -0.123. The van der Waals surface area contributed by atoms with Gasteiger partial charge < -0.3 is 5.32 Å². The van der Waals surface area contributed by atoms with Gasteiger partial charge in [0, 0.05) is 18.8 Å². The van der Waals surface area contributed by atoms with E-state index in [1.54, 1.807) is 7.05 Å². The molecule has 1 aromatic carbocycles. The molecule has 0 fully saturated rings. The third-order valence-electron chi connectivity index (χ3n) is 2.68. The fraction of sp³-hybridized carbons (Fsp3) is 0.250. The average molecular weight is 316 g/mol. The molecule has 0 bridgehead atoms. The van der Waals surface area contributed by atoms with Crippen LogP contribution >= 0.6 is 0 Å². The molecule has 0 aliphatic heterocycles. The maximum atomic E-state index is 13.5. The second kappa shape index (κ2) is 6.19. The lowest BCUT2D eigenvalue weighted by Gasteiger charge is -2.07. The van der Waals surface area contributed by atoms with Gasteiger partial charge >= 0.3 is 0 Å². The molecule has 0 saturated heterocycles. The minimum absolute atomic E-state index is 0.123. The summed E-state index contributed by atoms with van der Waals surface area (Å²) >= 11 is 0. The monoisotopic (exact) mass is 316 g/mol. The van der Waals surface area contributed by atoms with Gasteiger partial charge in [0.05, 0.1) is 18.4 Å².